The minimum atomic E-state index is -0.878. The predicted octanol–water partition coefficient (Wildman–Crippen LogP) is 3.64. The third kappa shape index (κ3) is 4.82. The van der Waals surface area contributed by atoms with E-state index in [1.807, 2.05) is 31.2 Å². The van der Waals surface area contributed by atoms with Crippen molar-refractivity contribution < 1.29 is 19.7 Å². The van der Waals surface area contributed by atoms with Crippen LogP contribution >= 0.6 is 11.8 Å². The second kappa shape index (κ2) is 7.78. The van der Waals surface area contributed by atoms with E-state index in [0.29, 0.717) is 5.75 Å². The van der Waals surface area contributed by atoms with E-state index in [0.717, 1.165) is 16.8 Å². The van der Waals surface area contributed by atoms with E-state index in [4.69, 9.17) is 9.84 Å². The van der Waals surface area contributed by atoms with Crippen molar-refractivity contribution >= 4 is 23.4 Å². The van der Waals surface area contributed by atoms with Crippen molar-refractivity contribution in [1.29, 1.82) is 0 Å². The summed E-state index contributed by atoms with van der Waals surface area (Å²) in [4.78, 5) is 10.9. The zero-order chi connectivity index (χ0) is 16.8. The molecule has 1 atom stereocenters. The Hall–Kier alpha value is -2.34. The van der Waals surface area contributed by atoms with E-state index in [1.54, 1.807) is 18.2 Å². The zero-order valence-corrected chi connectivity index (χ0v) is 13.8. The number of ether oxygens (including phenoxy) is 1. The highest BCUT2D eigenvalue weighted by Gasteiger charge is 2.16. The average Bonchev–Trinajstić information content (AvgIpc) is 2.53. The molecule has 2 rings (SSSR count). The number of methoxy groups -OCH3 is 1. The van der Waals surface area contributed by atoms with Crippen LogP contribution in [0.5, 0.6) is 11.5 Å². The first-order valence-electron chi connectivity index (χ1n) is 7.03. The maximum atomic E-state index is 10.9. The van der Waals surface area contributed by atoms with Gasteiger partial charge < -0.3 is 20.3 Å². The summed E-state index contributed by atoms with van der Waals surface area (Å²) < 4.78 is 5.12. The third-order valence-corrected chi connectivity index (χ3v) is 4.37. The number of carboxylic acid groups (broad SMARTS) is 1. The molecule has 1 unspecified atom stereocenters. The lowest BCUT2D eigenvalue weighted by Gasteiger charge is -2.20. The number of carboxylic acids is 1. The minimum absolute atomic E-state index is 0.0350. The second-order valence-corrected chi connectivity index (χ2v) is 6.12. The lowest BCUT2D eigenvalue weighted by molar-refractivity contribution is -0.133. The van der Waals surface area contributed by atoms with Gasteiger partial charge in [0, 0.05) is 5.69 Å². The third-order valence-electron chi connectivity index (χ3n) is 3.23. The molecule has 5 nitrogen and oxygen atoms in total. The molecule has 0 spiro atoms. The van der Waals surface area contributed by atoms with Gasteiger partial charge in [0.25, 0.3) is 0 Å². The van der Waals surface area contributed by atoms with Crippen LogP contribution in [-0.2, 0) is 4.79 Å². The van der Waals surface area contributed by atoms with Gasteiger partial charge in [0.15, 0.2) is 11.5 Å². The predicted molar refractivity (Wildman–Crippen MR) is 92.3 cm³/mol. The Morgan fingerprint density at radius 2 is 1.96 bits per heavy atom. The fourth-order valence-corrected chi connectivity index (χ4v) is 2.90. The Balaban J connectivity index is 2.25. The van der Waals surface area contributed by atoms with Crippen molar-refractivity contribution in [3.63, 3.8) is 0 Å². The second-order valence-electron chi connectivity index (χ2n) is 5.03. The normalized spacial score (nSPS) is 11.7. The Morgan fingerprint density at radius 1 is 1.26 bits per heavy atom. The molecule has 0 bridgehead atoms. The first-order chi connectivity index (χ1) is 11.0. The average molecular weight is 333 g/mol. The lowest BCUT2D eigenvalue weighted by Crippen LogP contribution is -2.11. The van der Waals surface area contributed by atoms with Crippen LogP contribution in [0, 0.1) is 6.92 Å². The number of phenolic OH excluding ortho intramolecular Hbond substituents is 1. The lowest BCUT2D eigenvalue weighted by atomic mass is 10.2. The van der Waals surface area contributed by atoms with Gasteiger partial charge in [-0.2, -0.15) is 0 Å². The number of aliphatic carboxylic acids is 1. The summed E-state index contributed by atoms with van der Waals surface area (Å²) >= 11 is 1.26. The van der Waals surface area contributed by atoms with Gasteiger partial charge in [0.1, 0.15) is 0 Å². The largest absolute Gasteiger partial charge is 0.504 e. The number of nitrogens with one attached hydrogen (secondary N) is 1. The van der Waals surface area contributed by atoms with Crippen molar-refractivity contribution in [2.45, 2.75) is 12.3 Å². The maximum Gasteiger partial charge on any atom is 0.313 e. The molecule has 6 heteroatoms. The fraction of sp³-hybridized carbons (Fsp3) is 0.235. The van der Waals surface area contributed by atoms with Crippen LogP contribution in [0.3, 0.4) is 0 Å². The molecular formula is C17H19NO4S. The van der Waals surface area contributed by atoms with Gasteiger partial charge in [-0.3, -0.25) is 4.79 Å². The molecule has 0 aliphatic rings. The number of hydrogen-bond acceptors (Lipinski definition) is 5. The Bertz CT molecular complexity index is 673. The Kier molecular flexibility index (Phi) is 5.76. The van der Waals surface area contributed by atoms with Gasteiger partial charge in [0.05, 0.1) is 18.2 Å². The topological polar surface area (TPSA) is 78.8 Å². The van der Waals surface area contributed by atoms with Crippen molar-refractivity contribution in [2.24, 2.45) is 0 Å². The number of aromatic hydroxyl groups is 1. The molecule has 0 saturated heterocycles. The molecular weight excluding hydrogens is 314 g/mol. The smallest absolute Gasteiger partial charge is 0.313 e. The molecule has 0 aliphatic heterocycles. The maximum absolute atomic E-state index is 10.9. The van der Waals surface area contributed by atoms with Crippen LogP contribution in [0.4, 0.5) is 5.69 Å². The van der Waals surface area contributed by atoms with Gasteiger partial charge in [-0.15, -0.1) is 11.8 Å². The van der Waals surface area contributed by atoms with Crippen LogP contribution in [0.15, 0.2) is 42.5 Å². The van der Waals surface area contributed by atoms with Crippen molar-refractivity contribution in [3.05, 3.63) is 53.6 Å². The first kappa shape index (κ1) is 17.0. The monoisotopic (exact) mass is 333 g/mol. The summed E-state index contributed by atoms with van der Waals surface area (Å²) in [5.74, 6) is -0.508. The molecule has 0 saturated carbocycles. The molecule has 0 aliphatic carbocycles. The number of carbonyl (C=O) groups is 1. The molecule has 2 aromatic rings. The van der Waals surface area contributed by atoms with E-state index < -0.39 is 5.97 Å². The van der Waals surface area contributed by atoms with Gasteiger partial charge in [-0.05, 0) is 36.8 Å². The molecule has 23 heavy (non-hydrogen) atoms. The number of hydrogen-bond donors (Lipinski definition) is 3. The Morgan fingerprint density at radius 3 is 2.57 bits per heavy atom. The van der Waals surface area contributed by atoms with Gasteiger partial charge in [0.2, 0.25) is 0 Å². The number of aryl methyl sites for hydroxylation is 1. The zero-order valence-electron chi connectivity index (χ0n) is 12.9. The highest BCUT2D eigenvalue weighted by molar-refractivity contribution is 8.00. The summed E-state index contributed by atoms with van der Waals surface area (Å²) in [5, 5.41) is 21.7. The van der Waals surface area contributed by atoms with Crippen LogP contribution in [0.2, 0.25) is 0 Å². The molecule has 0 fully saturated rings. The molecule has 2 aromatic carbocycles. The van der Waals surface area contributed by atoms with E-state index in [2.05, 4.69) is 5.32 Å². The van der Waals surface area contributed by atoms with Gasteiger partial charge in [-0.25, -0.2) is 0 Å². The molecule has 122 valence electrons. The van der Waals surface area contributed by atoms with E-state index >= 15 is 0 Å². The van der Waals surface area contributed by atoms with E-state index in [9.17, 15) is 9.90 Å². The van der Waals surface area contributed by atoms with Crippen LogP contribution in [-0.4, -0.2) is 29.0 Å². The van der Waals surface area contributed by atoms with Gasteiger partial charge >= 0.3 is 5.97 Å². The molecule has 0 amide bonds. The number of phenols is 1. The summed E-state index contributed by atoms with van der Waals surface area (Å²) in [6.07, 6.45) is 0. The highest BCUT2D eigenvalue weighted by Crippen LogP contribution is 2.35. The van der Waals surface area contributed by atoms with Crippen molar-refractivity contribution in [2.75, 3.05) is 18.2 Å². The Labute approximate surface area is 139 Å². The quantitative estimate of drug-likeness (QED) is 0.672. The SMILES string of the molecule is COc1cc(C(Nc2ccc(C)cc2)SCC(=O)O)ccc1O. The minimum Gasteiger partial charge on any atom is -0.504 e. The number of anilines is 1. The summed E-state index contributed by atoms with van der Waals surface area (Å²) in [6, 6.07) is 12.9. The van der Waals surface area contributed by atoms with E-state index in [-0.39, 0.29) is 16.9 Å². The van der Waals surface area contributed by atoms with Crippen LogP contribution in [0.1, 0.15) is 16.5 Å². The van der Waals surface area contributed by atoms with Crippen molar-refractivity contribution in [1.82, 2.24) is 0 Å². The van der Waals surface area contributed by atoms with E-state index in [1.165, 1.54) is 18.9 Å². The molecule has 0 aromatic heterocycles. The van der Waals surface area contributed by atoms with Gasteiger partial charge in [-0.1, -0.05) is 23.8 Å². The standard InChI is InChI=1S/C17H19NO4S/c1-11-3-6-13(7-4-11)18-17(23-10-16(20)21)12-5-8-14(19)15(9-12)22-2/h3-9,17-19H,10H2,1-2H3,(H,20,21). The molecule has 3 N–H and O–H groups in total. The van der Waals surface area contributed by atoms with Crippen LogP contribution < -0.4 is 10.1 Å². The fourth-order valence-electron chi connectivity index (χ4n) is 2.03. The highest BCUT2D eigenvalue weighted by atomic mass is 32.2. The number of thioether (sulfide) groups is 1. The summed E-state index contributed by atoms with van der Waals surface area (Å²) in [7, 11) is 1.48. The molecule has 0 radical (unpaired) electrons. The first-order valence-corrected chi connectivity index (χ1v) is 8.08. The summed E-state index contributed by atoms with van der Waals surface area (Å²) in [6.45, 7) is 2.01. The van der Waals surface area contributed by atoms with Crippen molar-refractivity contribution in [3.8, 4) is 11.5 Å². The summed E-state index contributed by atoms with van der Waals surface area (Å²) in [5.41, 5.74) is 2.87. The molecule has 0 heterocycles. The number of rotatable bonds is 7. The number of benzene rings is 2. The van der Waals surface area contributed by atoms with Crippen LogP contribution in [0.25, 0.3) is 0 Å².